The van der Waals surface area contributed by atoms with Crippen LogP contribution in [0.1, 0.15) is 51.3 Å². The molecule has 0 bridgehead atoms. The molecular weight excluding hydrogens is 168 g/mol. The van der Waals surface area contributed by atoms with E-state index in [9.17, 15) is 0 Å². The highest BCUT2D eigenvalue weighted by molar-refractivity contribution is 5.33. The summed E-state index contributed by atoms with van der Waals surface area (Å²) < 4.78 is 0. The molecule has 0 aliphatic heterocycles. The van der Waals surface area contributed by atoms with Crippen molar-refractivity contribution >= 4 is 0 Å². The van der Waals surface area contributed by atoms with Crippen LogP contribution in [0.3, 0.4) is 0 Å². The summed E-state index contributed by atoms with van der Waals surface area (Å²) in [5, 5.41) is 0. The molecule has 0 saturated heterocycles. The monoisotopic (exact) mass is 194 g/mol. The van der Waals surface area contributed by atoms with E-state index in [2.05, 4.69) is 39.0 Å². The zero-order valence-corrected chi connectivity index (χ0v) is 10.9. The molecule has 0 amide bonds. The topological polar surface area (TPSA) is 0 Å². The fourth-order valence-corrected chi connectivity index (χ4v) is 1.41. The second kappa shape index (κ2) is 10.3. The van der Waals surface area contributed by atoms with Gasteiger partial charge in [0.2, 0.25) is 0 Å². The average Bonchev–Trinajstić information content (AvgIpc) is 2.24. The summed E-state index contributed by atoms with van der Waals surface area (Å²) in [6.07, 6.45) is 1.15. The van der Waals surface area contributed by atoms with Gasteiger partial charge in [-0.25, -0.2) is 0 Å². The normalized spacial score (nSPS) is 7.93. The quantitative estimate of drug-likeness (QED) is 0.595. The number of benzene rings is 1. The van der Waals surface area contributed by atoms with Crippen molar-refractivity contribution < 1.29 is 0 Å². The Balaban J connectivity index is 0. The molecule has 0 unspecified atom stereocenters. The average molecular weight is 194 g/mol. The van der Waals surface area contributed by atoms with Crippen LogP contribution in [0.2, 0.25) is 0 Å². The lowest BCUT2D eigenvalue weighted by Gasteiger charge is -2.04. The molecule has 14 heavy (non-hydrogen) atoms. The molecule has 1 aromatic rings. The highest BCUT2D eigenvalue weighted by Gasteiger charge is 1.96. The van der Waals surface area contributed by atoms with Crippen LogP contribution in [0.25, 0.3) is 0 Å². The summed E-state index contributed by atoms with van der Waals surface area (Å²) in [6.45, 7) is 14.5. The minimum Gasteiger partial charge on any atom is -0.0683 e. The van der Waals surface area contributed by atoms with E-state index in [0.29, 0.717) is 0 Å². The minimum absolute atomic E-state index is 1.15. The van der Waals surface area contributed by atoms with Gasteiger partial charge in [-0.3, -0.25) is 0 Å². The van der Waals surface area contributed by atoms with Gasteiger partial charge in [0, 0.05) is 0 Å². The maximum absolute atomic E-state index is 2.20. The van der Waals surface area contributed by atoms with Crippen LogP contribution in [-0.4, -0.2) is 0 Å². The summed E-state index contributed by atoms with van der Waals surface area (Å²) >= 11 is 0. The molecule has 0 nitrogen and oxygen atoms in total. The summed E-state index contributed by atoms with van der Waals surface area (Å²) in [7, 11) is 0. The Morgan fingerprint density at radius 2 is 1.21 bits per heavy atom. The lowest BCUT2D eigenvalue weighted by atomic mass is 10.0. The third-order valence-corrected chi connectivity index (χ3v) is 2.00. The Morgan fingerprint density at radius 3 is 1.43 bits per heavy atom. The zero-order chi connectivity index (χ0) is 11.6. The second-order valence-corrected chi connectivity index (χ2v) is 2.72. The van der Waals surface area contributed by atoms with Crippen LogP contribution in [0.4, 0.5) is 0 Å². The van der Waals surface area contributed by atoms with Crippen molar-refractivity contribution in [1.29, 1.82) is 0 Å². The number of hydrogen-bond donors (Lipinski definition) is 0. The van der Waals surface area contributed by atoms with E-state index < -0.39 is 0 Å². The first-order valence-corrected chi connectivity index (χ1v) is 5.80. The molecule has 0 aliphatic rings. The molecule has 0 spiro atoms. The van der Waals surface area contributed by atoms with Crippen LogP contribution in [0.5, 0.6) is 0 Å². The Hall–Kier alpha value is -0.780. The van der Waals surface area contributed by atoms with Crippen LogP contribution in [-0.2, 0) is 6.42 Å². The minimum atomic E-state index is 1.15. The van der Waals surface area contributed by atoms with E-state index in [1.807, 2.05) is 27.7 Å². The lowest BCUT2D eigenvalue weighted by molar-refractivity contribution is 1.08. The van der Waals surface area contributed by atoms with Gasteiger partial charge in [-0.2, -0.15) is 0 Å². The summed E-state index contributed by atoms with van der Waals surface area (Å²) in [5.74, 6) is 0. The van der Waals surface area contributed by atoms with Crippen molar-refractivity contribution in [2.45, 2.75) is 54.9 Å². The maximum Gasteiger partial charge on any atom is -0.0302 e. The lowest BCUT2D eigenvalue weighted by Crippen LogP contribution is -1.89. The highest BCUT2D eigenvalue weighted by Crippen LogP contribution is 2.12. The van der Waals surface area contributed by atoms with Gasteiger partial charge in [0.25, 0.3) is 0 Å². The standard InChI is InChI=1S/C10H14.2C2H6/c1-4-10-8(2)6-5-7-9(10)3;2*1-2/h5-7H,4H2,1-3H3;2*1-2H3. The van der Waals surface area contributed by atoms with Gasteiger partial charge in [-0.05, 0) is 37.0 Å². The first-order chi connectivity index (χ1) is 6.75. The third kappa shape index (κ3) is 5.06. The van der Waals surface area contributed by atoms with E-state index in [-0.39, 0.29) is 0 Å². The van der Waals surface area contributed by atoms with Gasteiger partial charge >= 0.3 is 0 Å². The van der Waals surface area contributed by atoms with Crippen molar-refractivity contribution in [3.63, 3.8) is 0 Å². The van der Waals surface area contributed by atoms with Gasteiger partial charge in [-0.1, -0.05) is 52.8 Å². The fourth-order valence-electron chi connectivity index (χ4n) is 1.41. The van der Waals surface area contributed by atoms with E-state index in [4.69, 9.17) is 0 Å². The maximum atomic E-state index is 2.20. The predicted octanol–water partition coefficient (Wildman–Crippen LogP) is 4.92. The summed E-state index contributed by atoms with van der Waals surface area (Å²) in [6, 6.07) is 6.46. The van der Waals surface area contributed by atoms with Crippen LogP contribution in [0, 0.1) is 13.8 Å². The molecule has 0 N–H and O–H groups in total. The number of hydrogen-bond acceptors (Lipinski definition) is 0. The third-order valence-electron chi connectivity index (χ3n) is 2.00. The molecule has 1 rings (SSSR count). The molecular formula is C14H26. The molecule has 1 aromatic carbocycles. The molecule has 0 fully saturated rings. The first-order valence-electron chi connectivity index (χ1n) is 5.80. The fraction of sp³-hybridized carbons (Fsp3) is 0.571. The van der Waals surface area contributed by atoms with E-state index in [0.717, 1.165) is 6.42 Å². The molecule has 0 heterocycles. The van der Waals surface area contributed by atoms with Crippen LogP contribution >= 0.6 is 0 Å². The molecule has 0 saturated carbocycles. The molecule has 0 aromatic heterocycles. The van der Waals surface area contributed by atoms with Gasteiger partial charge < -0.3 is 0 Å². The largest absolute Gasteiger partial charge is 0.0683 e. The van der Waals surface area contributed by atoms with Gasteiger partial charge in [0.1, 0.15) is 0 Å². The van der Waals surface area contributed by atoms with Gasteiger partial charge in [0.05, 0.1) is 0 Å². The SMILES string of the molecule is CC.CC.CCc1c(C)cccc1C. The second-order valence-electron chi connectivity index (χ2n) is 2.72. The van der Waals surface area contributed by atoms with Crippen molar-refractivity contribution in [1.82, 2.24) is 0 Å². The molecule has 0 atom stereocenters. The van der Waals surface area contributed by atoms with Gasteiger partial charge in [0.15, 0.2) is 0 Å². The number of rotatable bonds is 1. The summed E-state index contributed by atoms with van der Waals surface area (Å²) in [5.41, 5.74) is 4.34. The van der Waals surface area contributed by atoms with E-state index >= 15 is 0 Å². The van der Waals surface area contributed by atoms with Crippen LogP contribution in [0.15, 0.2) is 18.2 Å². The Labute approximate surface area is 90.4 Å². The Bertz CT molecular complexity index is 203. The smallest absolute Gasteiger partial charge is 0.0302 e. The molecule has 0 heteroatoms. The van der Waals surface area contributed by atoms with Crippen LogP contribution < -0.4 is 0 Å². The molecule has 0 aliphatic carbocycles. The van der Waals surface area contributed by atoms with Gasteiger partial charge in [-0.15, -0.1) is 0 Å². The Morgan fingerprint density at radius 1 is 0.857 bits per heavy atom. The van der Waals surface area contributed by atoms with Crippen molar-refractivity contribution in [3.05, 3.63) is 34.9 Å². The number of aryl methyl sites for hydroxylation is 2. The van der Waals surface area contributed by atoms with Crippen molar-refractivity contribution in [2.24, 2.45) is 0 Å². The zero-order valence-electron chi connectivity index (χ0n) is 10.9. The Kier molecular flexibility index (Phi) is 11.5. The first kappa shape index (κ1) is 15.7. The van der Waals surface area contributed by atoms with Crippen molar-refractivity contribution in [3.8, 4) is 0 Å². The van der Waals surface area contributed by atoms with E-state index in [1.54, 1.807) is 0 Å². The predicted molar refractivity (Wildman–Crippen MR) is 68.0 cm³/mol. The van der Waals surface area contributed by atoms with Crippen molar-refractivity contribution in [2.75, 3.05) is 0 Å². The summed E-state index contributed by atoms with van der Waals surface area (Å²) in [4.78, 5) is 0. The molecule has 0 radical (unpaired) electrons. The molecule has 82 valence electrons. The van der Waals surface area contributed by atoms with E-state index in [1.165, 1.54) is 16.7 Å². The highest BCUT2D eigenvalue weighted by atomic mass is 14.0.